The average molecular weight is 447 g/mol. The van der Waals surface area contributed by atoms with Gasteiger partial charge in [-0.2, -0.15) is 0 Å². The summed E-state index contributed by atoms with van der Waals surface area (Å²) in [5.41, 5.74) is 0. The summed E-state index contributed by atoms with van der Waals surface area (Å²) in [6, 6.07) is 0. The van der Waals surface area contributed by atoms with Crippen LogP contribution in [0.2, 0.25) is 13.4 Å². The van der Waals surface area contributed by atoms with Gasteiger partial charge in [0.25, 0.3) is 0 Å². The van der Waals surface area contributed by atoms with Gasteiger partial charge in [-0.3, -0.25) is 0 Å². The van der Waals surface area contributed by atoms with E-state index in [4.69, 9.17) is 0 Å². The first kappa shape index (κ1) is 13.0. The van der Waals surface area contributed by atoms with Gasteiger partial charge in [-0.1, -0.05) is 0 Å². The van der Waals surface area contributed by atoms with E-state index in [-0.39, 0.29) is 24.0 Å². The Morgan fingerprint density at radius 2 is 1.73 bits per heavy atom. The summed E-state index contributed by atoms with van der Waals surface area (Å²) in [4.78, 5) is 0. The van der Waals surface area contributed by atoms with Crippen LogP contribution in [0.5, 0.6) is 0 Å². The minimum atomic E-state index is -0.409. The second-order valence-electron chi connectivity index (χ2n) is 2.83. The molecule has 0 amide bonds. The summed E-state index contributed by atoms with van der Waals surface area (Å²) in [6.45, 7) is 0. The third-order valence-corrected chi connectivity index (χ3v) is 9.91. The maximum Gasteiger partial charge on any atom is -1.00 e. The maximum absolute atomic E-state index is 3.48. The van der Waals surface area contributed by atoms with E-state index in [1.807, 2.05) is 0 Å². The third-order valence-electron chi connectivity index (χ3n) is 1.93. The summed E-state index contributed by atoms with van der Waals surface area (Å²) in [6.07, 6.45) is 6.08. The van der Waals surface area contributed by atoms with Gasteiger partial charge in [-0.25, -0.2) is 0 Å². The molecule has 0 aliphatic carbocycles. The third kappa shape index (κ3) is 6.12. The number of alkyl halides is 1. The van der Waals surface area contributed by atoms with Gasteiger partial charge in [0.15, 0.2) is 0 Å². The Morgan fingerprint density at radius 3 is 2.27 bits per heavy atom. The summed E-state index contributed by atoms with van der Waals surface area (Å²) in [5, 5.41) is 1.22. The molecule has 11 heavy (non-hydrogen) atoms. The molecule has 3 heteroatoms. The molecule has 0 nitrogen and oxygen atoms in total. The minimum absolute atomic E-state index is 0. The number of hydrogen-bond acceptors (Lipinski definition) is 0. The summed E-state index contributed by atoms with van der Waals surface area (Å²) < 4.78 is 5.03. The Balaban J connectivity index is 0.000001000. The molecule has 68 valence electrons. The van der Waals surface area contributed by atoms with Gasteiger partial charge in [0, 0.05) is 0 Å². The monoisotopic (exact) mass is 448 g/mol. The zero-order chi connectivity index (χ0) is 7.23. The van der Waals surface area contributed by atoms with Crippen molar-refractivity contribution in [3.8, 4) is 0 Å². The molecular formula is C8H16BrITe. The van der Waals surface area contributed by atoms with Crippen LogP contribution in [0.1, 0.15) is 25.7 Å². The fourth-order valence-electron chi connectivity index (χ4n) is 1.32. The Labute approximate surface area is 103 Å². The van der Waals surface area contributed by atoms with Gasteiger partial charge in [0.05, 0.1) is 0 Å². The van der Waals surface area contributed by atoms with Gasteiger partial charge in [0.2, 0.25) is 0 Å². The van der Waals surface area contributed by atoms with E-state index in [2.05, 4.69) is 15.9 Å². The van der Waals surface area contributed by atoms with Gasteiger partial charge < -0.3 is 24.0 Å². The van der Waals surface area contributed by atoms with Crippen molar-refractivity contribution < 1.29 is 24.0 Å². The predicted octanol–water partition coefficient (Wildman–Crippen LogP) is 0.454. The van der Waals surface area contributed by atoms with Crippen molar-refractivity contribution in [1.82, 2.24) is 0 Å². The minimum Gasteiger partial charge on any atom is -1.00 e. The molecule has 1 saturated heterocycles. The van der Waals surface area contributed by atoms with Crippen molar-refractivity contribution >= 4 is 35.5 Å². The van der Waals surface area contributed by atoms with E-state index in [0.29, 0.717) is 0 Å². The van der Waals surface area contributed by atoms with E-state index in [1.54, 1.807) is 26.2 Å². The molecule has 1 heterocycles. The molecule has 0 aromatic rings. The summed E-state index contributed by atoms with van der Waals surface area (Å²) in [7, 11) is 0. The van der Waals surface area contributed by atoms with E-state index in [9.17, 15) is 0 Å². The topological polar surface area (TPSA) is 0 Å². The van der Waals surface area contributed by atoms with Gasteiger partial charge in [-0.15, -0.1) is 0 Å². The fraction of sp³-hybridized carbons (Fsp3) is 1.00. The van der Waals surface area contributed by atoms with Crippen LogP contribution in [0.4, 0.5) is 0 Å². The van der Waals surface area contributed by atoms with Crippen LogP contribution in [0.3, 0.4) is 0 Å². The number of rotatable bonds is 4. The molecule has 1 fully saturated rings. The molecule has 1 aliphatic heterocycles. The van der Waals surface area contributed by atoms with Crippen LogP contribution >= 0.6 is 15.9 Å². The van der Waals surface area contributed by atoms with Crippen LogP contribution in [-0.4, -0.2) is 24.9 Å². The zero-order valence-electron chi connectivity index (χ0n) is 6.82. The van der Waals surface area contributed by atoms with Crippen LogP contribution < -0.4 is 24.0 Å². The molecule has 0 N–H and O–H groups in total. The Hall–Kier alpha value is 2.00. The quantitative estimate of drug-likeness (QED) is 0.255. The zero-order valence-corrected chi connectivity index (χ0v) is 12.9. The Morgan fingerprint density at radius 1 is 1.09 bits per heavy atom. The van der Waals surface area contributed by atoms with Crippen molar-refractivity contribution in [2.75, 3.05) is 5.33 Å². The summed E-state index contributed by atoms with van der Waals surface area (Å²) in [5.74, 6) is 0. The Kier molecular flexibility index (Phi) is 10.2. The number of halogens is 2. The molecule has 1 rings (SSSR count). The van der Waals surface area contributed by atoms with Crippen molar-refractivity contribution in [1.29, 1.82) is 0 Å². The van der Waals surface area contributed by atoms with Crippen molar-refractivity contribution in [3.63, 3.8) is 0 Å². The fourth-order valence-corrected chi connectivity index (χ4v) is 8.71. The van der Waals surface area contributed by atoms with Crippen molar-refractivity contribution in [3.05, 3.63) is 0 Å². The van der Waals surface area contributed by atoms with E-state index in [0.717, 1.165) is 0 Å². The molecule has 0 saturated carbocycles. The first-order chi connectivity index (χ1) is 4.93. The van der Waals surface area contributed by atoms with E-state index >= 15 is 0 Å². The van der Waals surface area contributed by atoms with Crippen LogP contribution in [-0.2, 0) is 0 Å². The molecular weight excluding hydrogens is 430 g/mol. The number of unbranched alkanes of at least 4 members (excludes halogenated alkanes) is 1. The van der Waals surface area contributed by atoms with Gasteiger partial charge in [-0.05, 0) is 0 Å². The average Bonchev–Trinajstić information content (AvgIpc) is 2.41. The molecule has 0 aromatic carbocycles. The van der Waals surface area contributed by atoms with E-state index < -0.39 is 19.6 Å². The first-order valence-electron chi connectivity index (χ1n) is 4.13. The normalized spacial score (nSPS) is 18.3. The molecule has 0 radical (unpaired) electrons. The Bertz CT molecular complexity index is 84.2. The summed E-state index contributed by atoms with van der Waals surface area (Å²) >= 11 is 3.07. The number of hydrogen-bond donors (Lipinski definition) is 0. The van der Waals surface area contributed by atoms with E-state index in [1.165, 1.54) is 18.2 Å². The van der Waals surface area contributed by atoms with Gasteiger partial charge in [0.1, 0.15) is 0 Å². The predicted molar refractivity (Wildman–Crippen MR) is 52.4 cm³/mol. The standard InChI is InChI=1S/C8H16BrTe.HI/c9-5-1-2-6-10-7-3-4-8-10;/h1-8H2;1H/q+1;/p-1. The van der Waals surface area contributed by atoms with Crippen LogP contribution in [0.15, 0.2) is 0 Å². The van der Waals surface area contributed by atoms with Crippen molar-refractivity contribution in [2.45, 2.75) is 39.1 Å². The molecule has 0 bridgehead atoms. The maximum atomic E-state index is 3.48. The van der Waals surface area contributed by atoms with Crippen molar-refractivity contribution in [2.24, 2.45) is 0 Å². The molecule has 0 unspecified atom stereocenters. The molecule has 1 aliphatic rings. The second-order valence-corrected chi connectivity index (χ2v) is 10.6. The molecule has 0 spiro atoms. The second kappa shape index (κ2) is 8.59. The molecule has 0 aromatic heterocycles. The molecule has 0 atom stereocenters. The first-order valence-corrected chi connectivity index (χ1v) is 10.2. The van der Waals surface area contributed by atoms with Crippen LogP contribution in [0, 0.1) is 0 Å². The smallest absolute Gasteiger partial charge is 1.00 e. The SMILES string of the molecule is BrCCCC[Te+]1CCCC1.[I-]. The van der Waals surface area contributed by atoms with Gasteiger partial charge >= 0.3 is 79.9 Å². The van der Waals surface area contributed by atoms with Crippen LogP contribution in [0.25, 0.3) is 0 Å². The largest absolute Gasteiger partial charge is 1.00 e.